The molecule has 0 fully saturated rings. The Morgan fingerprint density at radius 1 is 1.00 bits per heavy atom. The van der Waals surface area contributed by atoms with Crippen molar-refractivity contribution in [2.24, 2.45) is 0 Å². The molecule has 0 spiro atoms. The van der Waals surface area contributed by atoms with Crippen molar-refractivity contribution in [2.45, 2.75) is 11.4 Å². The fourth-order valence-electron chi connectivity index (χ4n) is 1.90. The second-order valence-electron chi connectivity index (χ2n) is 4.52. The summed E-state index contributed by atoms with van der Waals surface area (Å²) in [4.78, 5) is 0.301. The normalized spacial score (nSPS) is 11.6. The van der Waals surface area contributed by atoms with E-state index in [0.717, 1.165) is 11.3 Å². The molecular weight excluding hydrogens is 272 g/mol. The lowest BCUT2D eigenvalue weighted by atomic mass is 10.2. The molecular formula is C15H18N2O2S. The number of hydrogen-bond acceptors (Lipinski definition) is 3. The monoisotopic (exact) mass is 290 g/mol. The third-order valence-corrected chi connectivity index (χ3v) is 4.92. The lowest BCUT2D eigenvalue weighted by Crippen LogP contribution is -2.26. The molecule has 5 heteroatoms. The molecule has 0 saturated heterocycles. The molecule has 0 unspecified atom stereocenters. The van der Waals surface area contributed by atoms with Crippen LogP contribution in [0.2, 0.25) is 0 Å². The molecule has 0 aliphatic rings. The third kappa shape index (κ3) is 3.18. The molecule has 0 heterocycles. The molecule has 2 rings (SSSR count). The number of nitrogens with one attached hydrogen (secondary N) is 1. The van der Waals surface area contributed by atoms with Crippen LogP contribution in [0.3, 0.4) is 0 Å². The molecule has 0 bridgehead atoms. The fraction of sp³-hybridized carbons (Fsp3) is 0.200. The van der Waals surface area contributed by atoms with Crippen LogP contribution in [0.15, 0.2) is 59.5 Å². The van der Waals surface area contributed by atoms with Gasteiger partial charge in [0, 0.05) is 26.3 Å². The van der Waals surface area contributed by atoms with Gasteiger partial charge < -0.3 is 5.32 Å². The molecule has 0 radical (unpaired) electrons. The van der Waals surface area contributed by atoms with Crippen molar-refractivity contribution >= 4 is 15.7 Å². The van der Waals surface area contributed by atoms with E-state index in [-0.39, 0.29) is 0 Å². The number of sulfonamides is 1. The van der Waals surface area contributed by atoms with Crippen LogP contribution in [-0.2, 0) is 16.6 Å². The fourth-order valence-corrected chi connectivity index (χ4v) is 3.06. The summed E-state index contributed by atoms with van der Waals surface area (Å²) in [7, 11) is -0.0684. The Morgan fingerprint density at radius 3 is 2.15 bits per heavy atom. The quantitative estimate of drug-likeness (QED) is 0.920. The molecule has 0 aromatic heterocycles. The second kappa shape index (κ2) is 6.07. The lowest BCUT2D eigenvalue weighted by Gasteiger charge is -2.17. The summed E-state index contributed by atoms with van der Waals surface area (Å²) in [6.07, 6.45) is 0. The van der Waals surface area contributed by atoms with E-state index >= 15 is 0 Å². The Balaban J connectivity index is 2.20. The van der Waals surface area contributed by atoms with Crippen molar-refractivity contribution < 1.29 is 8.42 Å². The molecule has 2 aromatic rings. The van der Waals surface area contributed by atoms with E-state index in [4.69, 9.17) is 0 Å². The minimum absolute atomic E-state index is 0.301. The average molecular weight is 290 g/mol. The van der Waals surface area contributed by atoms with E-state index in [2.05, 4.69) is 5.32 Å². The number of rotatable bonds is 5. The van der Waals surface area contributed by atoms with Crippen LogP contribution in [0.4, 0.5) is 5.69 Å². The van der Waals surface area contributed by atoms with Gasteiger partial charge in [-0.25, -0.2) is 8.42 Å². The van der Waals surface area contributed by atoms with E-state index in [1.807, 2.05) is 30.3 Å². The first kappa shape index (κ1) is 14.6. The van der Waals surface area contributed by atoms with Crippen molar-refractivity contribution in [3.05, 3.63) is 60.2 Å². The van der Waals surface area contributed by atoms with Crippen LogP contribution in [0, 0.1) is 0 Å². The maximum atomic E-state index is 12.4. The minimum atomic E-state index is -3.46. The largest absolute Gasteiger partial charge is 0.388 e. The van der Waals surface area contributed by atoms with Gasteiger partial charge in [0.15, 0.2) is 0 Å². The zero-order valence-electron chi connectivity index (χ0n) is 11.6. The van der Waals surface area contributed by atoms with E-state index in [1.165, 1.54) is 4.31 Å². The summed E-state index contributed by atoms with van der Waals surface area (Å²) >= 11 is 0. The first-order valence-electron chi connectivity index (χ1n) is 6.32. The molecule has 0 aliphatic carbocycles. The molecule has 1 N–H and O–H groups in total. The van der Waals surface area contributed by atoms with Gasteiger partial charge in [0.25, 0.3) is 0 Å². The number of hydrogen-bond donors (Lipinski definition) is 1. The van der Waals surface area contributed by atoms with Crippen molar-refractivity contribution in [3.8, 4) is 0 Å². The van der Waals surface area contributed by atoms with Gasteiger partial charge >= 0.3 is 0 Å². The minimum Gasteiger partial charge on any atom is -0.388 e. The van der Waals surface area contributed by atoms with Gasteiger partial charge in [-0.1, -0.05) is 30.3 Å². The van der Waals surface area contributed by atoms with Crippen molar-refractivity contribution in [2.75, 3.05) is 19.4 Å². The number of anilines is 1. The predicted molar refractivity (Wildman–Crippen MR) is 81.1 cm³/mol. The molecule has 0 aliphatic heterocycles. The molecule has 20 heavy (non-hydrogen) atoms. The Kier molecular flexibility index (Phi) is 4.42. The van der Waals surface area contributed by atoms with Gasteiger partial charge in [-0.15, -0.1) is 0 Å². The first-order chi connectivity index (χ1) is 9.54. The summed E-state index contributed by atoms with van der Waals surface area (Å²) < 4.78 is 26.2. The topological polar surface area (TPSA) is 49.4 Å². The van der Waals surface area contributed by atoms with E-state index in [0.29, 0.717) is 11.4 Å². The van der Waals surface area contributed by atoms with Crippen molar-refractivity contribution in [1.29, 1.82) is 0 Å². The molecule has 4 nitrogen and oxygen atoms in total. The summed E-state index contributed by atoms with van der Waals surface area (Å²) in [6, 6.07) is 16.3. The Hall–Kier alpha value is -1.85. The van der Waals surface area contributed by atoms with Gasteiger partial charge in [0.05, 0.1) is 4.90 Å². The Labute approximate surface area is 120 Å². The zero-order chi connectivity index (χ0) is 14.6. The zero-order valence-corrected chi connectivity index (χ0v) is 12.4. The molecule has 106 valence electrons. The number of benzene rings is 2. The van der Waals surface area contributed by atoms with Crippen LogP contribution in [0.1, 0.15) is 5.56 Å². The second-order valence-corrected chi connectivity index (χ2v) is 6.57. The van der Waals surface area contributed by atoms with E-state index < -0.39 is 10.0 Å². The van der Waals surface area contributed by atoms with Gasteiger partial charge in [-0.2, -0.15) is 4.31 Å². The maximum absolute atomic E-state index is 12.4. The van der Waals surface area contributed by atoms with Gasteiger partial charge in [0.1, 0.15) is 0 Å². The summed E-state index contributed by atoms with van der Waals surface area (Å²) in [5.74, 6) is 0. The van der Waals surface area contributed by atoms with Crippen LogP contribution < -0.4 is 5.32 Å². The van der Waals surface area contributed by atoms with Gasteiger partial charge in [-0.3, -0.25) is 0 Å². The summed E-state index contributed by atoms with van der Waals surface area (Å²) in [5, 5.41) is 2.97. The highest BCUT2D eigenvalue weighted by Gasteiger charge is 2.20. The first-order valence-corrected chi connectivity index (χ1v) is 7.76. The van der Waals surface area contributed by atoms with Crippen LogP contribution in [-0.4, -0.2) is 26.8 Å². The molecule has 2 aromatic carbocycles. The number of nitrogens with zero attached hydrogens (tertiary/aromatic N) is 1. The smallest absolute Gasteiger partial charge is 0.243 e. The Morgan fingerprint density at radius 2 is 1.60 bits per heavy atom. The molecule has 0 amide bonds. The Bertz CT molecular complexity index is 652. The molecule has 0 atom stereocenters. The third-order valence-electron chi connectivity index (χ3n) is 3.10. The van der Waals surface area contributed by atoms with Crippen LogP contribution >= 0.6 is 0 Å². The average Bonchev–Trinajstić information content (AvgIpc) is 2.48. The lowest BCUT2D eigenvalue weighted by molar-refractivity contribution is 0.467. The van der Waals surface area contributed by atoms with E-state index in [9.17, 15) is 8.42 Å². The SMILES string of the molecule is CNc1ccc(S(=O)(=O)N(C)Cc2ccccc2)cc1. The summed E-state index contributed by atoms with van der Waals surface area (Å²) in [6.45, 7) is 0.358. The van der Waals surface area contributed by atoms with E-state index in [1.54, 1.807) is 38.4 Å². The predicted octanol–water partition coefficient (Wildman–Crippen LogP) is 2.55. The van der Waals surface area contributed by atoms with Crippen molar-refractivity contribution in [1.82, 2.24) is 4.31 Å². The van der Waals surface area contributed by atoms with Crippen molar-refractivity contribution in [3.63, 3.8) is 0 Å². The van der Waals surface area contributed by atoms with Gasteiger partial charge in [0.2, 0.25) is 10.0 Å². The highest BCUT2D eigenvalue weighted by atomic mass is 32.2. The highest BCUT2D eigenvalue weighted by Crippen LogP contribution is 2.18. The maximum Gasteiger partial charge on any atom is 0.243 e. The summed E-state index contributed by atoms with van der Waals surface area (Å²) in [5.41, 5.74) is 1.85. The van der Waals surface area contributed by atoms with Crippen LogP contribution in [0.25, 0.3) is 0 Å². The highest BCUT2D eigenvalue weighted by molar-refractivity contribution is 7.89. The standard InChI is InChI=1S/C15H18N2O2S/c1-16-14-8-10-15(11-9-14)20(18,19)17(2)12-13-6-4-3-5-7-13/h3-11,16H,12H2,1-2H3. The van der Waals surface area contributed by atoms with Crippen LogP contribution in [0.5, 0.6) is 0 Å². The molecule has 0 saturated carbocycles. The van der Waals surface area contributed by atoms with Gasteiger partial charge in [-0.05, 0) is 29.8 Å².